The van der Waals surface area contributed by atoms with E-state index in [9.17, 15) is 15.0 Å². The molecule has 0 bridgehead atoms. The summed E-state index contributed by atoms with van der Waals surface area (Å²) in [5.74, 6) is 0.0829. The molecule has 1 aliphatic rings. The average molecular weight is 341 g/mol. The summed E-state index contributed by atoms with van der Waals surface area (Å²) in [5.41, 5.74) is 0. The Morgan fingerprint density at radius 3 is 2.62 bits per heavy atom. The quantitative estimate of drug-likeness (QED) is 0.355. The first-order valence-corrected chi connectivity index (χ1v) is 9.53. The van der Waals surface area contributed by atoms with Gasteiger partial charge in [0.05, 0.1) is 18.2 Å². The van der Waals surface area contributed by atoms with Crippen molar-refractivity contribution in [3.8, 4) is 0 Å². The minimum Gasteiger partial charge on any atom is -0.396 e. The molecule has 1 fully saturated rings. The van der Waals surface area contributed by atoms with Gasteiger partial charge >= 0.3 is 0 Å². The molecular formula is C19H35NO4. The van der Waals surface area contributed by atoms with Crippen LogP contribution in [0.5, 0.6) is 0 Å². The van der Waals surface area contributed by atoms with Crippen LogP contribution in [0, 0.1) is 0 Å². The molecule has 0 aromatic heterocycles. The Morgan fingerprint density at radius 2 is 1.92 bits per heavy atom. The Morgan fingerprint density at radius 1 is 1.17 bits per heavy atom. The second-order valence-electron chi connectivity index (χ2n) is 6.83. The van der Waals surface area contributed by atoms with Crippen LogP contribution in [0.4, 0.5) is 0 Å². The number of unbranched alkanes of at least 4 members (excludes halogenated alkanes) is 4. The van der Waals surface area contributed by atoms with Crippen molar-refractivity contribution in [2.75, 3.05) is 13.2 Å². The molecular weight excluding hydrogens is 306 g/mol. The van der Waals surface area contributed by atoms with Gasteiger partial charge in [-0.2, -0.15) is 0 Å². The van der Waals surface area contributed by atoms with Gasteiger partial charge in [-0.15, -0.1) is 0 Å². The molecule has 0 spiro atoms. The fourth-order valence-electron chi connectivity index (χ4n) is 3.14. The lowest BCUT2D eigenvalue weighted by atomic mass is 10.1. The van der Waals surface area contributed by atoms with E-state index < -0.39 is 12.2 Å². The highest BCUT2D eigenvalue weighted by Crippen LogP contribution is 2.21. The van der Waals surface area contributed by atoms with Gasteiger partial charge < -0.3 is 20.2 Å². The molecule has 3 atom stereocenters. The zero-order chi connectivity index (χ0) is 17.8. The van der Waals surface area contributed by atoms with Gasteiger partial charge in [0.2, 0.25) is 5.91 Å². The van der Waals surface area contributed by atoms with Crippen LogP contribution in [0.25, 0.3) is 0 Å². The monoisotopic (exact) mass is 341 g/mol. The van der Waals surface area contributed by atoms with Gasteiger partial charge in [0.15, 0.2) is 0 Å². The van der Waals surface area contributed by atoms with Gasteiger partial charge in [0.1, 0.15) is 0 Å². The predicted octanol–water partition coefficient (Wildman–Crippen LogP) is 2.39. The Hall–Kier alpha value is -0.910. The Bertz CT molecular complexity index is 372. The summed E-state index contributed by atoms with van der Waals surface area (Å²) in [6.07, 6.45) is 11.3. The molecule has 24 heavy (non-hydrogen) atoms. The number of hydrogen-bond donors (Lipinski definition) is 3. The largest absolute Gasteiger partial charge is 0.396 e. The van der Waals surface area contributed by atoms with E-state index in [1.807, 2.05) is 6.08 Å². The number of carbonyl (C=O) groups excluding carboxylic acids is 1. The van der Waals surface area contributed by atoms with E-state index in [1.165, 1.54) is 0 Å². The van der Waals surface area contributed by atoms with Crippen LogP contribution in [-0.4, -0.2) is 57.5 Å². The Kier molecular flexibility index (Phi) is 11.0. The molecule has 1 amide bonds. The first-order valence-electron chi connectivity index (χ1n) is 9.53. The Labute approximate surface area is 146 Å². The van der Waals surface area contributed by atoms with Crippen molar-refractivity contribution in [2.24, 2.45) is 0 Å². The van der Waals surface area contributed by atoms with Crippen LogP contribution in [-0.2, 0) is 4.79 Å². The molecule has 0 aromatic carbocycles. The van der Waals surface area contributed by atoms with E-state index in [0.29, 0.717) is 19.4 Å². The summed E-state index contributed by atoms with van der Waals surface area (Å²) in [6, 6.07) is -0.00887. The van der Waals surface area contributed by atoms with E-state index >= 15 is 0 Å². The lowest BCUT2D eigenvalue weighted by Gasteiger charge is -2.25. The van der Waals surface area contributed by atoms with Gasteiger partial charge in [-0.3, -0.25) is 4.79 Å². The number of β-amino-alcohol motifs (C(OH)–C–C–N with tert-alkyl or cyclic N) is 1. The lowest BCUT2D eigenvalue weighted by Crippen LogP contribution is -2.38. The third-order valence-electron chi connectivity index (χ3n) is 4.64. The van der Waals surface area contributed by atoms with Crippen molar-refractivity contribution < 1.29 is 20.1 Å². The third kappa shape index (κ3) is 8.27. The molecule has 0 aromatic rings. The van der Waals surface area contributed by atoms with Gasteiger partial charge in [-0.05, 0) is 25.7 Å². The van der Waals surface area contributed by atoms with Crippen molar-refractivity contribution >= 4 is 5.91 Å². The number of rotatable bonds is 13. The van der Waals surface area contributed by atoms with Crippen LogP contribution in [0.2, 0.25) is 0 Å². The summed E-state index contributed by atoms with van der Waals surface area (Å²) >= 11 is 0. The minimum atomic E-state index is -0.517. The van der Waals surface area contributed by atoms with Crippen LogP contribution in [0.1, 0.15) is 71.1 Å². The average Bonchev–Trinajstić information content (AvgIpc) is 2.90. The molecule has 3 unspecified atom stereocenters. The topological polar surface area (TPSA) is 81.0 Å². The van der Waals surface area contributed by atoms with Crippen molar-refractivity contribution in [2.45, 2.75) is 89.4 Å². The van der Waals surface area contributed by atoms with E-state index in [4.69, 9.17) is 5.11 Å². The molecule has 140 valence electrons. The van der Waals surface area contributed by atoms with Crippen molar-refractivity contribution in [3.05, 3.63) is 12.2 Å². The zero-order valence-electron chi connectivity index (χ0n) is 15.1. The predicted molar refractivity (Wildman–Crippen MR) is 95.6 cm³/mol. The second-order valence-corrected chi connectivity index (χ2v) is 6.83. The van der Waals surface area contributed by atoms with E-state index in [-0.39, 0.29) is 18.6 Å². The summed E-state index contributed by atoms with van der Waals surface area (Å²) in [4.78, 5) is 13.8. The lowest BCUT2D eigenvalue weighted by molar-refractivity contribution is -0.129. The third-order valence-corrected chi connectivity index (χ3v) is 4.64. The highest BCUT2D eigenvalue weighted by atomic mass is 16.3. The molecule has 1 aliphatic heterocycles. The van der Waals surface area contributed by atoms with Gasteiger partial charge in [0, 0.05) is 19.6 Å². The molecule has 5 heteroatoms. The van der Waals surface area contributed by atoms with Gasteiger partial charge in [-0.1, -0.05) is 51.2 Å². The maximum Gasteiger partial charge on any atom is 0.223 e. The number of aliphatic hydroxyl groups is 3. The van der Waals surface area contributed by atoms with E-state index in [2.05, 4.69) is 6.92 Å². The number of likely N-dealkylation sites (tertiary alicyclic amines) is 1. The molecule has 0 aliphatic carbocycles. The van der Waals surface area contributed by atoms with Gasteiger partial charge in [0.25, 0.3) is 0 Å². The van der Waals surface area contributed by atoms with Crippen LogP contribution in [0.15, 0.2) is 12.2 Å². The van der Waals surface area contributed by atoms with E-state index in [0.717, 1.165) is 51.4 Å². The number of amides is 1. The fraction of sp³-hybridized carbons (Fsp3) is 0.842. The minimum absolute atomic E-state index is 0.00887. The SMILES string of the molecule is CCCCCC(O)/C=C/C1CCC(=O)N1CC(O)CCCCCO. The highest BCUT2D eigenvalue weighted by molar-refractivity contribution is 5.79. The first kappa shape index (κ1) is 21.1. The molecule has 1 rings (SSSR count). The normalized spacial score (nSPS) is 20.9. The number of aliphatic hydroxyl groups excluding tert-OH is 3. The number of nitrogens with zero attached hydrogens (tertiary/aromatic N) is 1. The molecule has 1 heterocycles. The standard InChI is InChI=1S/C19H35NO4/c1-2-3-5-8-17(22)12-10-16-11-13-19(24)20(16)15-18(23)9-6-4-7-14-21/h10,12,16-18,21-23H,2-9,11,13-15H2,1H3/b12-10+. The summed E-state index contributed by atoms with van der Waals surface area (Å²) in [5, 5.41) is 28.9. The fourth-order valence-corrected chi connectivity index (χ4v) is 3.14. The smallest absolute Gasteiger partial charge is 0.223 e. The summed E-state index contributed by atoms with van der Waals surface area (Å²) in [6.45, 7) is 2.69. The molecule has 1 saturated heterocycles. The molecule has 0 saturated carbocycles. The van der Waals surface area contributed by atoms with E-state index in [1.54, 1.807) is 11.0 Å². The molecule has 0 radical (unpaired) electrons. The summed E-state index contributed by atoms with van der Waals surface area (Å²) < 4.78 is 0. The molecule has 3 N–H and O–H groups in total. The van der Waals surface area contributed by atoms with Crippen molar-refractivity contribution in [3.63, 3.8) is 0 Å². The van der Waals surface area contributed by atoms with Crippen LogP contribution in [0.3, 0.4) is 0 Å². The number of carbonyl (C=O) groups is 1. The second kappa shape index (κ2) is 12.5. The van der Waals surface area contributed by atoms with Crippen LogP contribution < -0.4 is 0 Å². The Balaban J connectivity index is 2.39. The summed E-state index contributed by atoms with van der Waals surface area (Å²) in [7, 11) is 0. The first-order chi connectivity index (χ1) is 11.6. The molecule has 5 nitrogen and oxygen atoms in total. The maximum absolute atomic E-state index is 12.0. The van der Waals surface area contributed by atoms with Crippen molar-refractivity contribution in [1.82, 2.24) is 4.90 Å². The van der Waals surface area contributed by atoms with Crippen LogP contribution >= 0.6 is 0 Å². The maximum atomic E-state index is 12.0. The zero-order valence-corrected chi connectivity index (χ0v) is 15.1. The van der Waals surface area contributed by atoms with Crippen molar-refractivity contribution in [1.29, 1.82) is 0 Å². The highest BCUT2D eigenvalue weighted by Gasteiger charge is 2.30. The van der Waals surface area contributed by atoms with Gasteiger partial charge in [-0.25, -0.2) is 0 Å². The number of hydrogen-bond acceptors (Lipinski definition) is 4.